The van der Waals surface area contributed by atoms with Crippen molar-refractivity contribution in [1.82, 2.24) is 10.2 Å². The molecule has 0 spiro atoms. The average molecular weight is 292 g/mol. The van der Waals surface area contributed by atoms with Crippen LogP contribution in [-0.4, -0.2) is 48.4 Å². The molecule has 0 atom stereocenters. The van der Waals surface area contributed by atoms with Crippen LogP contribution in [0, 0.1) is 0 Å². The summed E-state index contributed by atoms with van der Waals surface area (Å²) in [6.45, 7) is 0.435. The van der Waals surface area contributed by atoms with Crippen molar-refractivity contribution in [2.24, 2.45) is 0 Å². The van der Waals surface area contributed by atoms with E-state index in [1.165, 1.54) is 4.90 Å². The fourth-order valence-electron chi connectivity index (χ4n) is 1.73. The van der Waals surface area contributed by atoms with E-state index in [-0.39, 0.29) is 18.2 Å². The van der Waals surface area contributed by atoms with E-state index in [9.17, 15) is 14.4 Å². The molecule has 1 aromatic rings. The van der Waals surface area contributed by atoms with Crippen LogP contribution in [0.3, 0.4) is 0 Å². The topological polar surface area (TPSA) is 86.7 Å². The van der Waals surface area contributed by atoms with E-state index < -0.39 is 5.97 Å². The average Bonchev–Trinajstić information content (AvgIpc) is 2.45. The molecule has 0 heterocycles. The smallest absolute Gasteiger partial charge is 0.303 e. The van der Waals surface area contributed by atoms with Crippen molar-refractivity contribution >= 4 is 17.8 Å². The molecular formula is C15H20N2O4. The van der Waals surface area contributed by atoms with Gasteiger partial charge in [0.1, 0.15) is 0 Å². The van der Waals surface area contributed by atoms with Crippen molar-refractivity contribution in [2.45, 2.75) is 19.3 Å². The first-order chi connectivity index (χ1) is 9.91. The highest BCUT2D eigenvalue weighted by Gasteiger charge is 2.09. The van der Waals surface area contributed by atoms with Gasteiger partial charge in [-0.25, -0.2) is 0 Å². The monoisotopic (exact) mass is 292 g/mol. The third-order valence-corrected chi connectivity index (χ3v) is 2.90. The minimum atomic E-state index is -0.831. The predicted molar refractivity (Wildman–Crippen MR) is 78.3 cm³/mol. The van der Waals surface area contributed by atoms with Gasteiger partial charge in [0, 0.05) is 38.2 Å². The molecule has 0 saturated heterocycles. The Morgan fingerprint density at radius 1 is 1.05 bits per heavy atom. The van der Waals surface area contributed by atoms with Gasteiger partial charge < -0.3 is 15.3 Å². The third kappa shape index (κ3) is 5.64. The van der Waals surface area contributed by atoms with Crippen LogP contribution in [0.15, 0.2) is 24.3 Å². The van der Waals surface area contributed by atoms with Crippen LogP contribution in [0.2, 0.25) is 0 Å². The first-order valence-electron chi connectivity index (χ1n) is 6.73. The fourth-order valence-corrected chi connectivity index (χ4v) is 1.73. The van der Waals surface area contributed by atoms with Crippen LogP contribution in [0.5, 0.6) is 0 Å². The quantitative estimate of drug-likeness (QED) is 0.743. The summed E-state index contributed by atoms with van der Waals surface area (Å²) in [6.07, 6.45) is 1.26. The predicted octanol–water partition coefficient (Wildman–Crippen LogP) is 1.37. The number of carbonyl (C=O) groups excluding carboxylic acids is 2. The summed E-state index contributed by atoms with van der Waals surface area (Å²) in [7, 11) is 3.33. The number of benzene rings is 1. The molecule has 0 aliphatic rings. The molecule has 114 valence electrons. The van der Waals surface area contributed by atoms with Crippen LogP contribution in [0.4, 0.5) is 0 Å². The second kappa shape index (κ2) is 8.04. The third-order valence-electron chi connectivity index (χ3n) is 2.90. The Kier molecular flexibility index (Phi) is 6.39. The van der Waals surface area contributed by atoms with Gasteiger partial charge >= 0.3 is 5.97 Å². The summed E-state index contributed by atoms with van der Waals surface area (Å²) in [4.78, 5) is 35.3. The van der Waals surface area contributed by atoms with Crippen molar-refractivity contribution in [2.75, 3.05) is 20.6 Å². The lowest BCUT2D eigenvalue weighted by Crippen LogP contribution is -2.25. The van der Waals surface area contributed by atoms with Crippen molar-refractivity contribution in [3.8, 4) is 0 Å². The van der Waals surface area contributed by atoms with Gasteiger partial charge in [-0.2, -0.15) is 0 Å². The van der Waals surface area contributed by atoms with Gasteiger partial charge in [0.05, 0.1) is 0 Å². The number of carboxylic acid groups (broad SMARTS) is 1. The van der Waals surface area contributed by atoms with Crippen LogP contribution >= 0.6 is 0 Å². The molecule has 1 rings (SSSR count). The molecule has 2 amide bonds. The summed E-state index contributed by atoms with van der Waals surface area (Å²) in [6, 6.07) is 6.43. The summed E-state index contributed by atoms with van der Waals surface area (Å²) in [5.74, 6) is -1.17. The maximum absolute atomic E-state index is 11.8. The molecule has 21 heavy (non-hydrogen) atoms. The molecule has 0 aliphatic heterocycles. The summed E-state index contributed by atoms with van der Waals surface area (Å²) >= 11 is 0. The minimum Gasteiger partial charge on any atom is -0.481 e. The number of aliphatic carboxylic acids is 1. The summed E-state index contributed by atoms with van der Waals surface area (Å²) in [5.41, 5.74) is 1.00. The number of nitrogens with one attached hydrogen (secondary N) is 1. The zero-order chi connectivity index (χ0) is 15.8. The number of unbranched alkanes of at least 4 members (excludes halogenated alkanes) is 1. The highest BCUT2D eigenvalue weighted by molar-refractivity contribution is 5.97. The number of amides is 2. The van der Waals surface area contributed by atoms with E-state index in [0.29, 0.717) is 30.5 Å². The Bertz CT molecular complexity index is 509. The maximum Gasteiger partial charge on any atom is 0.303 e. The van der Waals surface area contributed by atoms with Crippen molar-refractivity contribution in [1.29, 1.82) is 0 Å². The SMILES string of the molecule is CN(C)C(=O)c1ccc(C(=O)NCCCCC(=O)O)cc1. The largest absolute Gasteiger partial charge is 0.481 e. The fraction of sp³-hybridized carbons (Fsp3) is 0.400. The van der Waals surface area contributed by atoms with Gasteiger partial charge in [0.15, 0.2) is 0 Å². The van der Waals surface area contributed by atoms with E-state index in [0.717, 1.165) is 0 Å². The normalized spacial score (nSPS) is 10.0. The van der Waals surface area contributed by atoms with Crippen LogP contribution in [0.1, 0.15) is 40.0 Å². The van der Waals surface area contributed by atoms with Gasteiger partial charge in [-0.1, -0.05) is 0 Å². The zero-order valence-electron chi connectivity index (χ0n) is 12.3. The molecule has 0 aliphatic carbocycles. The minimum absolute atomic E-state index is 0.108. The molecule has 0 saturated carbocycles. The standard InChI is InChI=1S/C15H20N2O4/c1-17(2)15(21)12-8-6-11(7-9-12)14(20)16-10-4-3-5-13(18)19/h6-9H,3-5,10H2,1-2H3,(H,16,20)(H,18,19). The van der Waals surface area contributed by atoms with Gasteiger partial charge in [0.25, 0.3) is 11.8 Å². The van der Waals surface area contributed by atoms with Crippen LogP contribution in [-0.2, 0) is 4.79 Å². The zero-order valence-corrected chi connectivity index (χ0v) is 12.3. The van der Waals surface area contributed by atoms with E-state index >= 15 is 0 Å². The summed E-state index contributed by atoms with van der Waals surface area (Å²) in [5, 5.41) is 11.2. The molecular weight excluding hydrogens is 272 g/mol. The van der Waals surface area contributed by atoms with Gasteiger partial charge in [-0.3, -0.25) is 14.4 Å². The Balaban J connectivity index is 2.44. The Labute approximate surface area is 123 Å². The molecule has 0 unspecified atom stereocenters. The maximum atomic E-state index is 11.8. The van der Waals surface area contributed by atoms with E-state index in [1.54, 1.807) is 38.4 Å². The first-order valence-corrected chi connectivity index (χ1v) is 6.73. The van der Waals surface area contributed by atoms with E-state index in [2.05, 4.69) is 5.32 Å². The Hall–Kier alpha value is -2.37. The molecule has 6 heteroatoms. The molecule has 0 fully saturated rings. The lowest BCUT2D eigenvalue weighted by atomic mass is 10.1. The lowest BCUT2D eigenvalue weighted by molar-refractivity contribution is -0.137. The number of carbonyl (C=O) groups is 3. The molecule has 0 bridgehead atoms. The van der Waals surface area contributed by atoms with Crippen molar-refractivity contribution < 1.29 is 19.5 Å². The molecule has 2 N–H and O–H groups in total. The number of hydrogen-bond donors (Lipinski definition) is 2. The Morgan fingerprint density at radius 2 is 1.62 bits per heavy atom. The number of rotatable bonds is 7. The van der Waals surface area contributed by atoms with Gasteiger partial charge in [0.2, 0.25) is 0 Å². The molecule has 1 aromatic carbocycles. The second-order valence-corrected chi connectivity index (χ2v) is 4.88. The van der Waals surface area contributed by atoms with Crippen LogP contribution in [0.25, 0.3) is 0 Å². The van der Waals surface area contributed by atoms with Crippen LogP contribution < -0.4 is 5.32 Å². The molecule has 0 aromatic heterocycles. The van der Waals surface area contributed by atoms with Crippen molar-refractivity contribution in [3.63, 3.8) is 0 Å². The second-order valence-electron chi connectivity index (χ2n) is 4.88. The van der Waals surface area contributed by atoms with Crippen molar-refractivity contribution in [3.05, 3.63) is 35.4 Å². The number of nitrogens with zero attached hydrogens (tertiary/aromatic N) is 1. The first kappa shape index (κ1) is 16.7. The Morgan fingerprint density at radius 3 is 2.14 bits per heavy atom. The molecule has 6 nitrogen and oxygen atoms in total. The van der Waals surface area contributed by atoms with Gasteiger partial charge in [-0.05, 0) is 37.1 Å². The van der Waals surface area contributed by atoms with E-state index in [4.69, 9.17) is 5.11 Å². The highest BCUT2D eigenvalue weighted by Crippen LogP contribution is 2.06. The number of carboxylic acids is 1. The molecule has 0 radical (unpaired) electrons. The lowest BCUT2D eigenvalue weighted by Gasteiger charge is -2.10. The highest BCUT2D eigenvalue weighted by atomic mass is 16.4. The summed E-state index contributed by atoms with van der Waals surface area (Å²) < 4.78 is 0. The van der Waals surface area contributed by atoms with Gasteiger partial charge in [-0.15, -0.1) is 0 Å². The number of hydrogen-bond acceptors (Lipinski definition) is 3. The van der Waals surface area contributed by atoms with E-state index in [1.807, 2.05) is 0 Å².